The van der Waals surface area contributed by atoms with Crippen molar-refractivity contribution in [3.8, 4) is 0 Å². The molecule has 2 unspecified atom stereocenters. The summed E-state index contributed by atoms with van der Waals surface area (Å²) in [7, 11) is 0. The summed E-state index contributed by atoms with van der Waals surface area (Å²) < 4.78 is 0. The van der Waals surface area contributed by atoms with E-state index in [1.54, 1.807) is 4.90 Å². The number of allylic oxidation sites excluding steroid dienone is 2. The molecule has 2 N–H and O–H groups in total. The first-order valence-corrected chi connectivity index (χ1v) is 4.91. The van der Waals surface area contributed by atoms with Crippen LogP contribution in [0.3, 0.4) is 0 Å². The molecule has 3 nitrogen and oxygen atoms in total. The van der Waals surface area contributed by atoms with E-state index in [1.807, 2.05) is 13.8 Å². The number of aliphatic hydroxyl groups excluding tert-OH is 1. The number of nitrogens with one attached hydrogen (secondary N) is 1. The molecule has 1 aliphatic rings. The first kappa shape index (κ1) is 10.6. The van der Waals surface area contributed by atoms with E-state index in [0.29, 0.717) is 0 Å². The van der Waals surface area contributed by atoms with Gasteiger partial charge in [0.2, 0.25) is 0 Å². The van der Waals surface area contributed by atoms with Crippen molar-refractivity contribution in [3.63, 3.8) is 0 Å². The molecule has 0 aliphatic carbocycles. The summed E-state index contributed by atoms with van der Waals surface area (Å²) in [5.74, 6) is 0. The van der Waals surface area contributed by atoms with E-state index < -0.39 is 6.23 Å². The fourth-order valence-corrected chi connectivity index (χ4v) is 1.76. The van der Waals surface area contributed by atoms with Gasteiger partial charge >= 0.3 is 0 Å². The predicted molar refractivity (Wildman–Crippen MR) is 57.0 cm³/mol. The van der Waals surface area contributed by atoms with Crippen LogP contribution in [0.5, 0.6) is 0 Å². The number of nitrogens with zero attached hydrogens (tertiary/aromatic N) is 1. The van der Waals surface area contributed by atoms with Crippen molar-refractivity contribution in [1.29, 1.82) is 5.41 Å². The van der Waals surface area contributed by atoms with Crippen LogP contribution < -0.4 is 0 Å². The molecule has 0 bridgehead atoms. The maximum absolute atomic E-state index is 9.48. The van der Waals surface area contributed by atoms with Gasteiger partial charge in [-0.15, -0.1) is 12.6 Å². The molecule has 2 atom stereocenters. The molecule has 4 heteroatoms. The van der Waals surface area contributed by atoms with Crippen LogP contribution in [0.15, 0.2) is 11.3 Å². The second-order valence-electron chi connectivity index (χ2n) is 3.33. The summed E-state index contributed by atoms with van der Waals surface area (Å²) in [6.45, 7) is 6.06. The summed E-state index contributed by atoms with van der Waals surface area (Å²) in [6, 6.07) is 0. The Labute approximate surface area is 84.4 Å². The molecule has 1 aliphatic heterocycles. The van der Waals surface area contributed by atoms with Gasteiger partial charge in [0.15, 0.2) is 6.23 Å². The first-order chi connectivity index (χ1) is 6.00. The minimum atomic E-state index is -0.760. The van der Waals surface area contributed by atoms with Crippen molar-refractivity contribution in [2.24, 2.45) is 0 Å². The van der Waals surface area contributed by atoms with Crippen LogP contribution in [0.4, 0.5) is 0 Å². The number of hydrogen-bond acceptors (Lipinski definition) is 4. The Morgan fingerprint density at radius 1 is 1.62 bits per heavy atom. The Kier molecular flexibility index (Phi) is 3.03. The third-order valence-electron chi connectivity index (χ3n) is 2.62. The Bertz CT molecular complexity index is 250. The van der Waals surface area contributed by atoms with Gasteiger partial charge in [0, 0.05) is 5.70 Å². The summed E-state index contributed by atoms with van der Waals surface area (Å²) >= 11 is 4.21. The van der Waals surface area contributed by atoms with Crippen molar-refractivity contribution in [3.05, 3.63) is 11.3 Å². The summed E-state index contributed by atoms with van der Waals surface area (Å²) in [5.41, 5.74) is 2.54. The standard InChI is InChI=1S/C9H16N2OS/c1-4-5(2)6(3)11-8(12)7(10)9(11)13/h8-10,12-13H,4H2,1-3H3/b6-5-,10-7?. The van der Waals surface area contributed by atoms with Gasteiger partial charge in [-0.25, -0.2) is 0 Å². The molecule has 0 aromatic heterocycles. The maximum atomic E-state index is 9.48. The number of thiol groups is 1. The van der Waals surface area contributed by atoms with Crippen LogP contribution in [0.1, 0.15) is 27.2 Å². The SMILES string of the molecule is CC/C(C)=C(/C)N1C(O)C(=N)C1S. The first-order valence-electron chi connectivity index (χ1n) is 4.39. The van der Waals surface area contributed by atoms with Gasteiger partial charge in [0.1, 0.15) is 5.37 Å². The molecule has 0 aromatic rings. The zero-order valence-electron chi connectivity index (χ0n) is 8.20. The maximum Gasteiger partial charge on any atom is 0.169 e. The van der Waals surface area contributed by atoms with E-state index in [2.05, 4.69) is 19.6 Å². The Hall–Kier alpha value is -0.480. The van der Waals surface area contributed by atoms with Crippen molar-refractivity contribution in [2.75, 3.05) is 0 Å². The van der Waals surface area contributed by atoms with E-state index in [4.69, 9.17) is 5.41 Å². The topological polar surface area (TPSA) is 47.3 Å². The fraction of sp³-hybridized carbons (Fsp3) is 0.667. The van der Waals surface area contributed by atoms with E-state index >= 15 is 0 Å². The van der Waals surface area contributed by atoms with Crippen LogP contribution >= 0.6 is 12.6 Å². The number of aliphatic hydroxyl groups is 1. The molecule has 0 spiro atoms. The fourth-order valence-electron chi connectivity index (χ4n) is 1.33. The van der Waals surface area contributed by atoms with E-state index in [-0.39, 0.29) is 11.1 Å². The van der Waals surface area contributed by atoms with Gasteiger partial charge in [-0.2, -0.15) is 0 Å². The lowest BCUT2D eigenvalue weighted by atomic mass is 10.1. The van der Waals surface area contributed by atoms with Gasteiger partial charge in [0.25, 0.3) is 0 Å². The highest BCUT2D eigenvalue weighted by Crippen LogP contribution is 2.29. The largest absolute Gasteiger partial charge is 0.368 e. The van der Waals surface area contributed by atoms with Crippen LogP contribution in [0, 0.1) is 5.41 Å². The minimum absolute atomic E-state index is 0.239. The minimum Gasteiger partial charge on any atom is -0.368 e. The highest BCUT2D eigenvalue weighted by Gasteiger charge is 2.41. The number of hydrogen-bond donors (Lipinski definition) is 3. The lowest BCUT2D eigenvalue weighted by Gasteiger charge is -2.46. The summed E-state index contributed by atoms with van der Waals surface area (Å²) in [5, 5.41) is 16.6. The summed E-state index contributed by atoms with van der Waals surface area (Å²) in [4.78, 5) is 1.75. The lowest BCUT2D eigenvalue weighted by Crippen LogP contribution is -2.61. The Balaban J connectivity index is 2.80. The highest BCUT2D eigenvalue weighted by atomic mass is 32.1. The predicted octanol–water partition coefficient (Wildman–Crippen LogP) is 1.60. The summed E-state index contributed by atoms with van der Waals surface area (Å²) in [6.07, 6.45) is 0.201. The number of likely N-dealkylation sites (tertiary alicyclic amines) is 1. The van der Waals surface area contributed by atoms with Crippen LogP contribution in [-0.2, 0) is 0 Å². The Morgan fingerprint density at radius 3 is 2.54 bits per heavy atom. The van der Waals surface area contributed by atoms with Gasteiger partial charge in [-0.1, -0.05) is 12.5 Å². The molecule has 1 heterocycles. The molecule has 0 aromatic carbocycles. The van der Waals surface area contributed by atoms with Crippen molar-refractivity contribution < 1.29 is 5.11 Å². The molecule has 0 saturated carbocycles. The zero-order valence-corrected chi connectivity index (χ0v) is 9.10. The van der Waals surface area contributed by atoms with Crippen molar-refractivity contribution >= 4 is 18.3 Å². The van der Waals surface area contributed by atoms with Crippen LogP contribution in [-0.4, -0.2) is 27.3 Å². The second kappa shape index (κ2) is 3.72. The highest BCUT2D eigenvalue weighted by molar-refractivity contribution is 7.81. The van der Waals surface area contributed by atoms with Gasteiger partial charge < -0.3 is 15.4 Å². The van der Waals surface area contributed by atoms with E-state index in [1.165, 1.54) is 5.57 Å². The molecule has 0 amide bonds. The average molecular weight is 200 g/mol. The van der Waals surface area contributed by atoms with Crippen LogP contribution in [0.25, 0.3) is 0 Å². The third-order valence-corrected chi connectivity index (χ3v) is 3.15. The van der Waals surface area contributed by atoms with Crippen molar-refractivity contribution in [2.45, 2.75) is 38.8 Å². The average Bonchev–Trinajstić information content (AvgIpc) is 2.16. The second-order valence-corrected chi connectivity index (χ2v) is 3.82. The third kappa shape index (κ3) is 1.60. The molecule has 1 rings (SSSR count). The molecule has 0 radical (unpaired) electrons. The Morgan fingerprint density at radius 2 is 2.15 bits per heavy atom. The smallest absolute Gasteiger partial charge is 0.169 e. The quantitative estimate of drug-likeness (QED) is 0.593. The lowest BCUT2D eigenvalue weighted by molar-refractivity contribution is 0.0455. The molecule has 1 fully saturated rings. The molecule has 74 valence electrons. The van der Waals surface area contributed by atoms with E-state index in [0.717, 1.165) is 12.1 Å². The zero-order chi connectivity index (χ0) is 10.2. The van der Waals surface area contributed by atoms with Gasteiger partial charge in [-0.05, 0) is 20.3 Å². The van der Waals surface area contributed by atoms with Crippen LogP contribution in [0.2, 0.25) is 0 Å². The van der Waals surface area contributed by atoms with Crippen molar-refractivity contribution in [1.82, 2.24) is 4.90 Å². The van der Waals surface area contributed by atoms with E-state index in [9.17, 15) is 5.11 Å². The normalized spacial score (nSPS) is 29.9. The molecule has 13 heavy (non-hydrogen) atoms. The molecular weight excluding hydrogens is 184 g/mol. The monoisotopic (exact) mass is 200 g/mol. The number of rotatable bonds is 2. The molecular formula is C9H16N2OS. The van der Waals surface area contributed by atoms with Gasteiger partial charge in [-0.3, -0.25) is 0 Å². The molecule has 1 saturated heterocycles. The van der Waals surface area contributed by atoms with Gasteiger partial charge in [0.05, 0.1) is 5.71 Å².